The van der Waals surface area contributed by atoms with Crippen molar-refractivity contribution in [3.63, 3.8) is 0 Å². The molecule has 1 heteroatoms. The van der Waals surface area contributed by atoms with Gasteiger partial charge in [0.2, 0.25) is 0 Å². The van der Waals surface area contributed by atoms with Gasteiger partial charge in [0.15, 0.2) is 0 Å². The fourth-order valence-corrected chi connectivity index (χ4v) is 0.935. The Morgan fingerprint density at radius 3 is 2.67 bits per heavy atom. The van der Waals surface area contributed by atoms with Crippen molar-refractivity contribution >= 4 is 5.71 Å². The molecule has 60 valence electrons. The van der Waals surface area contributed by atoms with E-state index in [2.05, 4.69) is 10.9 Å². The monoisotopic (exact) mass is 157 g/mol. The molecule has 1 aromatic rings. The van der Waals surface area contributed by atoms with Crippen molar-refractivity contribution < 1.29 is 0 Å². The van der Waals surface area contributed by atoms with Crippen LogP contribution >= 0.6 is 0 Å². The SMILES string of the molecule is C#CC/N=C(\C)c1ccccc1. The topological polar surface area (TPSA) is 12.4 Å². The first kappa shape index (κ1) is 8.55. The lowest BCUT2D eigenvalue weighted by molar-refractivity contribution is 1.27. The number of aliphatic imine (C=N–C) groups is 1. The molecule has 0 radical (unpaired) electrons. The minimum Gasteiger partial charge on any atom is -0.277 e. The summed E-state index contributed by atoms with van der Waals surface area (Å²) in [4.78, 5) is 4.19. The first-order chi connectivity index (χ1) is 5.84. The molecule has 1 nitrogen and oxygen atoms in total. The Kier molecular flexibility index (Phi) is 3.10. The minimum absolute atomic E-state index is 0.459. The summed E-state index contributed by atoms with van der Waals surface area (Å²) in [5.41, 5.74) is 2.13. The average Bonchev–Trinajstić information content (AvgIpc) is 2.15. The first-order valence-electron chi connectivity index (χ1n) is 3.84. The van der Waals surface area contributed by atoms with Gasteiger partial charge in [0.05, 0.1) is 6.54 Å². The number of terminal acetylenes is 1. The number of nitrogens with zero attached hydrogens (tertiary/aromatic N) is 1. The van der Waals surface area contributed by atoms with Crippen LogP contribution in [-0.4, -0.2) is 12.3 Å². The summed E-state index contributed by atoms with van der Waals surface area (Å²) in [5.74, 6) is 2.48. The summed E-state index contributed by atoms with van der Waals surface area (Å²) in [5, 5.41) is 0. The van der Waals surface area contributed by atoms with E-state index in [1.165, 1.54) is 0 Å². The van der Waals surface area contributed by atoms with Gasteiger partial charge in [-0.2, -0.15) is 0 Å². The van der Waals surface area contributed by atoms with Crippen molar-refractivity contribution in [1.82, 2.24) is 0 Å². The number of hydrogen-bond acceptors (Lipinski definition) is 1. The molecule has 0 aliphatic rings. The van der Waals surface area contributed by atoms with E-state index in [0.29, 0.717) is 6.54 Å². The molecule has 0 amide bonds. The molecule has 1 aromatic carbocycles. The van der Waals surface area contributed by atoms with E-state index in [1.54, 1.807) is 0 Å². The van der Waals surface area contributed by atoms with E-state index in [4.69, 9.17) is 6.42 Å². The molecule has 0 bridgehead atoms. The van der Waals surface area contributed by atoms with Crippen LogP contribution in [0.15, 0.2) is 35.3 Å². The molecular formula is C11H11N. The maximum absolute atomic E-state index is 5.10. The lowest BCUT2D eigenvalue weighted by atomic mass is 10.1. The number of hydrogen-bond donors (Lipinski definition) is 0. The molecule has 0 fully saturated rings. The zero-order chi connectivity index (χ0) is 8.81. The maximum atomic E-state index is 5.10. The van der Waals surface area contributed by atoms with Gasteiger partial charge in [-0.25, -0.2) is 0 Å². The molecule has 0 aliphatic carbocycles. The van der Waals surface area contributed by atoms with Gasteiger partial charge in [-0.15, -0.1) is 6.42 Å². The minimum atomic E-state index is 0.459. The summed E-state index contributed by atoms with van der Waals surface area (Å²) in [6.45, 7) is 2.42. The van der Waals surface area contributed by atoms with Gasteiger partial charge < -0.3 is 0 Å². The Morgan fingerprint density at radius 2 is 2.08 bits per heavy atom. The van der Waals surface area contributed by atoms with Crippen molar-refractivity contribution in [2.45, 2.75) is 6.92 Å². The quantitative estimate of drug-likeness (QED) is 0.460. The second-order valence-electron chi connectivity index (χ2n) is 2.47. The van der Waals surface area contributed by atoms with E-state index in [0.717, 1.165) is 11.3 Å². The molecule has 0 spiro atoms. The van der Waals surface area contributed by atoms with Crippen molar-refractivity contribution in [1.29, 1.82) is 0 Å². The van der Waals surface area contributed by atoms with Gasteiger partial charge in [0.25, 0.3) is 0 Å². The summed E-state index contributed by atoms with van der Waals surface area (Å²) in [7, 11) is 0. The highest BCUT2D eigenvalue weighted by Crippen LogP contribution is 2.00. The second-order valence-corrected chi connectivity index (χ2v) is 2.47. The van der Waals surface area contributed by atoms with Crippen LogP contribution < -0.4 is 0 Å². The van der Waals surface area contributed by atoms with Crippen LogP contribution in [0.4, 0.5) is 0 Å². The van der Waals surface area contributed by atoms with Crippen molar-refractivity contribution in [2.75, 3.05) is 6.54 Å². The Morgan fingerprint density at radius 1 is 1.42 bits per heavy atom. The van der Waals surface area contributed by atoms with Crippen LogP contribution in [0.25, 0.3) is 0 Å². The zero-order valence-corrected chi connectivity index (χ0v) is 7.12. The molecule has 12 heavy (non-hydrogen) atoms. The van der Waals surface area contributed by atoms with Crippen molar-refractivity contribution in [3.05, 3.63) is 35.9 Å². The van der Waals surface area contributed by atoms with Crippen LogP contribution in [0.5, 0.6) is 0 Å². The van der Waals surface area contributed by atoms with Gasteiger partial charge in [-0.3, -0.25) is 4.99 Å². The first-order valence-corrected chi connectivity index (χ1v) is 3.84. The highest BCUT2D eigenvalue weighted by atomic mass is 14.7. The predicted molar refractivity (Wildman–Crippen MR) is 52.4 cm³/mol. The molecule has 0 saturated carbocycles. The van der Waals surface area contributed by atoms with Crippen molar-refractivity contribution in [3.8, 4) is 12.3 Å². The van der Waals surface area contributed by atoms with E-state index >= 15 is 0 Å². The summed E-state index contributed by atoms with van der Waals surface area (Å²) in [6, 6.07) is 10.0. The molecule has 0 aliphatic heterocycles. The zero-order valence-electron chi connectivity index (χ0n) is 7.12. The average molecular weight is 157 g/mol. The summed E-state index contributed by atoms with van der Waals surface area (Å²) in [6.07, 6.45) is 5.10. The number of benzene rings is 1. The standard InChI is InChI=1S/C11H11N/c1-3-9-12-10(2)11-7-5-4-6-8-11/h1,4-8H,9H2,2H3/b12-10+. The third-order valence-electron chi connectivity index (χ3n) is 1.60. The molecule has 1 rings (SSSR count). The molecule has 0 aromatic heterocycles. The Bertz CT molecular complexity index is 304. The largest absolute Gasteiger partial charge is 0.277 e. The molecule has 0 saturated heterocycles. The van der Waals surface area contributed by atoms with Crippen LogP contribution in [0, 0.1) is 12.3 Å². The molecular weight excluding hydrogens is 146 g/mol. The Hall–Kier alpha value is -1.55. The van der Waals surface area contributed by atoms with Crippen molar-refractivity contribution in [2.24, 2.45) is 4.99 Å². The lowest BCUT2D eigenvalue weighted by Gasteiger charge is -1.97. The number of rotatable bonds is 2. The van der Waals surface area contributed by atoms with E-state index in [1.807, 2.05) is 37.3 Å². The fourth-order valence-electron chi connectivity index (χ4n) is 0.935. The highest BCUT2D eigenvalue weighted by molar-refractivity contribution is 5.98. The lowest BCUT2D eigenvalue weighted by Crippen LogP contribution is -1.94. The Labute approximate surface area is 73.2 Å². The predicted octanol–water partition coefficient (Wildman–Crippen LogP) is 2.13. The summed E-state index contributed by atoms with van der Waals surface area (Å²) < 4.78 is 0. The molecule has 0 N–H and O–H groups in total. The smallest absolute Gasteiger partial charge is 0.0998 e. The second kappa shape index (κ2) is 4.35. The highest BCUT2D eigenvalue weighted by Gasteiger charge is 1.92. The van der Waals surface area contributed by atoms with Crippen LogP contribution in [0.2, 0.25) is 0 Å². The third-order valence-corrected chi connectivity index (χ3v) is 1.60. The summed E-state index contributed by atoms with van der Waals surface area (Å²) >= 11 is 0. The van der Waals surface area contributed by atoms with Gasteiger partial charge in [-0.1, -0.05) is 36.3 Å². The van der Waals surface area contributed by atoms with Gasteiger partial charge in [0.1, 0.15) is 0 Å². The molecule has 0 heterocycles. The molecule has 0 atom stereocenters. The van der Waals surface area contributed by atoms with Gasteiger partial charge in [0, 0.05) is 5.71 Å². The van der Waals surface area contributed by atoms with E-state index in [9.17, 15) is 0 Å². The van der Waals surface area contributed by atoms with Crippen LogP contribution in [-0.2, 0) is 0 Å². The van der Waals surface area contributed by atoms with Crippen LogP contribution in [0.1, 0.15) is 12.5 Å². The van der Waals surface area contributed by atoms with E-state index in [-0.39, 0.29) is 0 Å². The fraction of sp³-hybridized carbons (Fsp3) is 0.182. The van der Waals surface area contributed by atoms with E-state index < -0.39 is 0 Å². The van der Waals surface area contributed by atoms with Crippen LogP contribution in [0.3, 0.4) is 0 Å². The Balaban J connectivity index is 2.79. The maximum Gasteiger partial charge on any atom is 0.0998 e. The van der Waals surface area contributed by atoms with Gasteiger partial charge >= 0.3 is 0 Å². The molecule has 0 unspecified atom stereocenters. The third kappa shape index (κ3) is 2.25. The van der Waals surface area contributed by atoms with Gasteiger partial charge in [-0.05, 0) is 12.5 Å². The normalized spacial score (nSPS) is 10.8.